The molecule has 0 aliphatic carbocycles. The van der Waals surface area contributed by atoms with E-state index < -0.39 is 0 Å². The third-order valence-corrected chi connectivity index (χ3v) is 13.5. The monoisotopic (exact) mass is 755 g/mol. The topological polar surface area (TPSA) is 40.0 Å². The zero-order valence-corrected chi connectivity index (χ0v) is 31.7. The van der Waals surface area contributed by atoms with Crippen LogP contribution in [0.5, 0.6) is 0 Å². The van der Waals surface area contributed by atoms with E-state index in [1.54, 1.807) is 11.3 Å². The third kappa shape index (κ3) is 3.85. The molecule has 6 heterocycles. The summed E-state index contributed by atoms with van der Waals surface area (Å²) in [5, 5.41) is 12.0. The summed E-state index contributed by atoms with van der Waals surface area (Å²) in [5.74, 6) is 1.55. The second-order valence-corrected chi connectivity index (χ2v) is 16.4. The lowest BCUT2D eigenvalue weighted by Crippen LogP contribution is -2.06. The van der Waals surface area contributed by atoms with Gasteiger partial charge in [-0.2, -0.15) is 4.98 Å². The van der Waals surface area contributed by atoms with E-state index in [0.717, 1.165) is 38.1 Å². The molecule has 0 fully saturated rings. The molecule has 14 rings (SSSR count). The van der Waals surface area contributed by atoms with E-state index in [-0.39, 0.29) is 0 Å². The quantitative estimate of drug-likeness (QED) is 0.180. The molecule has 14 aromatic rings. The molecule has 0 N–H and O–H groups in total. The third-order valence-electron chi connectivity index (χ3n) is 12.4. The van der Waals surface area contributed by atoms with Crippen LogP contribution in [0.1, 0.15) is 0 Å². The van der Waals surface area contributed by atoms with Gasteiger partial charge in [0.25, 0.3) is 0 Å². The molecular formula is C52H29N5S. The summed E-state index contributed by atoms with van der Waals surface area (Å²) in [4.78, 5) is 12.3. The Labute approximate surface area is 334 Å². The number of benzene rings is 8. The predicted octanol–water partition coefficient (Wildman–Crippen LogP) is 13.9. The fourth-order valence-corrected chi connectivity index (χ4v) is 11.1. The van der Waals surface area contributed by atoms with Crippen molar-refractivity contribution in [3.8, 4) is 22.9 Å². The maximum atomic E-state index is 5.74. The van der Waals surface area contributed by atoms with Gasteiger partial charge >= 0.3 is 0 Å². The van der Waals surface area contributed by atoms with E-state index in [9.17, 15) is 0 Å². The largest absolute Gasteiger partial charge is 0.308 e. The van der Waals surface area contributed by atoms with Gasteiger partial charge < -0.3 is 4.40 Å². The molecular weight excluding hydrogens is 727 g/mol. The molecule has 0 aliphatic heterocycles. The molecule has 6 heteroatoms. The van der Waals surface area contributed by atoms with Crippen molar-refractivity contribution in [1.29, 1.82) is 0 Å². The van der Waals surface area contributed by atoms with E-state index in [1.165, 1.54) is 80.9 Å². The van der Waals surface area contributed by atoms with Crippen LogP contribution < -0.4 is 0 Å². The van der Waals surface area contributed by atoms with Crippen molar-refractivity contribution < 1.29 is 0 Å². The van der Waals surface area contributed by atoms with Gasteiger partial charge in [-0.25, -0.2) is 4.98 Å². The lowest BCUT2D eigenvalue weighted by Gasteiger charge is -2.13. The number of aromatic nitrogens is 5. The fourth-order valence-electron chi connectivity index (χ4n) is 10.0. The first-order valence-electron chi connectivity index (χ1n) is 19.7. The van der Waals surface area contributed by atoms with Crippen LogP contribution >= 0.6 is 11.3 Å². The van der Waals surface area contributed by atoms with Crippen molar-refractivity contribution in [2.24, 2.45) is 0 Å². The van der Waals surface area contributed by atoms with Gasteiger partial charge in [-0.05, 0) is 53.6 Å². The van der Waals surface area contributed by atoms with Crippen molar-refractivity contribution in [1.82, 2.24) is 23.5 Å². The molecule has 0 saturated heterocycles. The van der Waals surface area contributed by atoms with Crippen LogP contribution in [0.4, 0.5) is 0 Å². The van der Waals surface area contributed by atoms with Gasteiger partial charge in [0.2, 0.25) is 5.95 Å². The van der Waals surface area contributed by atoms with Crippen LogP contribution in [-0.4, -0.2) is 23.5 Å². The summed E-state index contributed by atoms with van der Waals surface area (Å²) in [6.07, 6.45) is 0. The van der Waals surface area contributed by atoms with Crippen LogP contribution in [0.3, 0.4) is 0 Å². The van der Waals surface area contributed by atoms with E-state index in [0.29, 0.717) is 5.95 Å². The minimum Gasteiger partial charge on any atom is -0.308 e. The van der Waals surface area contributed by atoms with Crippen LogP contribution in [0.15, 0.2) is 176 Å². The first kappa shape index (κ1) is 30.7. The Morgan fingerprint density at radius 3 is 1.67 bits per heavy atom. The lowest BCUT2D eigenvalue weighted by atomic mass is 10.0. The lowest BCUT2D eigenvalue weighted by molar-refractivity contribution is 0.978. The summed E-state index contributed by atoms with van der Waals surface area (Å²) in [6.45, 7) is 0. The Morgan fingerprint density at radius 2 is 0.931 bits per heavy atom. The molecule has 0 radical (unpaired) electrons. The molecule has 268 valence electrons. The summed E-state index contributed by atoms with van der Waals surface area (Å²) >= 11 is 1.74. The van der Waals surface area contributed by atoms with Gasteiger partial charge in [-0.3, -0.25) is 9.13 Å². The minimum absolute atomic E-state index is 0.663. The average Bonchev–Trinajstić information content (AvgIpc) is 4.08. The van der Waals surface area contributed by atoms with Crippen molar-refractivity contribution >= 4 is 113 Å². The summed E-state index contributed by atoms with van der Waals surface area (Å²) in [7, 11) is 0. The standard InChI is InChI=1S/C52H29N5S/c1-2-14-30(15-3-1)31-26-27-35-39-29-38-34-18-6-11-23-42(34)57(49(38)46-36-19-7-12-24-43(36)55(48(39)46)44(35)28-31)52-53-50(47-37-20-8-13-25-45(37)58-51(47)54-52)56-40-21-9-4-16-32(40)33-17-5-10-22-41(33)56/h1-29H. The molecule has 58 heavy (non-hydrogen) atoms. The first-order chi connectivity index (χ1) is 28.8. The fraction of sp³-hybridized carbons (Fsp3) is 0. The smallest absolute Gasteiger partial charge is 0.238 e. The minimum atomic E-state index is 0.663. The van der Waals surface area contributed by atoms with Crippen molar-refractivity contribution in [3.63, 3.8) is 0 Å². The first-order valence-corrected chi connectivity index (χ1v) is 20.5. The Bertz CT molecular complexity index is 3980. The molecule has 6 aromatic heterocycles. The molecule has 0 amide bonds. The Kier molecular flexibility index (Phi) is 5.85. The molecule has 8 aromatic carbocycles. The number of para-hydroxylation sites is 4. The highest BCUT2D eigenvalue weighted by Gasteiger charge is 2.27. The Morgan fingerprint density at radius 1 is 0.362 bits per heavy atom. The normalized spacial score (nSPS) is 12.5. The predicted molar refractivity (Wildman–Crippen MR) is 244 cm³/mol. The highest BCUT2D eigenvalue weighted by atomic mass is 32.1. The number of thiophene rings is 1. The summed E-state index contributed by atoms with van der Waals surface area (Å²) < 4.78 is 8.39. The van der Waals surface area contributed by atoms with Gasteiger partial charge in [-0.1, -0.05) is 133 Å². The maximum absolute atomic E-state index is 5.74. The van der Waals surface area contributed by atoms with E-state index in [1.807, 2.05) is 0 Å². The number of hydrogen-bond acceptors (Lipinski definition) is 3. The average molecular weight is 756 g/mol. The molecule has 0 atom stereocenters. The second kappa shape index (κ2) is 11.1. The van der Waals surface area contributed by atoms with Crippen LogP contribution in [0.25, 0.3) is 125 Å². The molecule has 0 aliphatic rings. The molecule has 0 bridgehead atoms. The van der Waals surface area contributed by atoms with E-state index >= 15 is 0 Å². The van der Waals surface area contributed by atoms with Crippen molar-refractivity contribution in [2.45, 2.75) is 0 Å². The maximum Gasteiger partial charge on any atom is 0.238 e. The second-order valence-electron chi connectivity index (χ2n) is 15.3. The van der Waals surface area contributed by atoms with Gasteiger partial charge in [0.05, 0.1) is 44.0 Å². The van der Waals surface area contributed by atoms with Gasteiger partial charge in [0.15, 0.2) is 5.82 Å². The van der Waals surface area contributed by atoms with E-state index in [2.05, 4.69) is 189 Å². The Hall–Kier alpha value is -7.54. The van der Waals surface area contributed by atoms with Crippen molar-refractivity contribution in [3.05, 3.63) is 176 Å². The molecule has 0 saturated carbocycles. The van der Waals surface area contributed by atoms with Crippen LogP contribution in [0.2, 0.25) is 0 Å². The van der Waals surface area contributed by atoms with E-state index in [4.69, 9.17) is 9.97 Å². The number of rotatable bonds is 3. The molecule has 0 spiro atoms. The highest BCUT2D eigenvalue weighted by Crippen LogP contribution is 2.47. The van der Waals surface area contributed by atoms with Crippen LogP contribution in [-0.2, 0) is 0 Å². The SMILES string of the molecule is c1ccc(-c2ccc3c4cc5c6ccccc6n(-c6nc(-n7c8ccccc8c8ccccc87)c7c(n6)sc6ccccc67)c5c5c6ccccc6n(c3c2)c45)cc1. The molecule has 0 unspecified atom stereocenters. The van der Waals surface area contributed by atoms with Gasteiger partial charge in [-0.15, -0.1) is 11.3 Å². The zero-order chi connectivity index (χ0) is 37.6. The number of hydrogen-bond donors (Lipinski definition) is 0. The summed E-state index contributed by atoms with van der Waals surface area (Å²) in [5.41, 5.74) is 10.5. The van der Waals surface area contributed by atoms with Crippen molar-refractivity contribution in [2.75, 3.05) is 0 Å². The highest BCUT2D eigenvalue weighted by molar-refractivity contribution is 7.25. The number of nitrogens with zero attached hydrogens (tertiary/aromatic N) is 5. The van der Waals surface area contributed by atoms with Gasteiger partial charge in [0.1, 0.15) is 4.83 Å². The molecule has 5 nitrogen and oxygen atoms in total. The summed E-state index contributed by atoms with van der Waals surface area (Å²) in [6, 6.07) is 63.7. The zero-order valence-electron chi connectivity index (χ0n) is 30.9. The number of fused-ring (bicyclic) bond motifs is 16. The van der Waals surface area contributed by atoms with Crippen LogP contribution in [0, 0.1) is 0 Å². The Balaban J connectivity index is 1.17. The van der Waals surface area contributed by atoms with Gasteiger partial charge in [0, 0.05) is 53.2 Å².